The maximum absolute atomic E-state index is 14.1. The molecule has 2 aliphatic heterocycles. The molecule has 2 fully saturated rings. The Labute approximate surface area is 166 Å². The SMILES string of the molecule is CCS(=O)(=O)N1CC2CN(C(=O)c3ccc(F)cc3F)CC2(c2nc(C)no2)C1. The number of rotatable bonds is 4. The van der Waals surface area contributed by atoms with E-state index in [-0.39, 0.29) is 49.3 Å². The second-order valence-electron chi connectivity index (χ2n) is 7.50. The second-order valence-corrected chi connectivity index (χ2v) is 9.76. The smallest absolute Gasteiger partial charge is 0.256 e. The third-order valence-electron chi connectivity index (χ3n) is 5.74. The Balaban J connectivity index is 1.68. The number of aromatic nitrogens is 2. The van der Waals surface area contributed by atoms with Crippen molar-refractivity contribution < 1.29 is 26.5 Å². The highest BCUT2D eigenvalue weighted by Crippen LogP contribution is 2.45. The monoisotopic (exact) mass is 426 g/mol. The van der Waals surface area contributed by atoms with Crippen LogP contribution in [-0.4, -0.2) is 65.6 Å². The summed E-state index contributed by atoms with van der Waals surface area (Å²) in [5.74, 6) is -1.95. The summed E-state index contributed by atoms with van der Waals surface area (Å²) in [5.41, 5.74) is -1.10. The Bertz CT molecular complexity index is 1070. The Morgan fingerprint density at radius 2 is 2.07 bits per heavy atom. The first-order valence-corrected chi connectivity index (χ1v) is 10.8. The van der Waals surface area contributed by atoms with Gasteiger partial charge < -0.3 is 9.42 Å². The van der Waals surface area contributed by atoms with Crippen molar-refractivity contribution in [2.24, 2.45) is 5.92 Å². The summed E-state index contributed by atoms with van der Waals surface area (Å²) in [6.45, 7) is 3.83. The molecule has 0 saturated carbocycles. The summed E-state index contributed by atoms with van der Waals surface area (Å²) in [6, 6.07) is 2.80. The molecule has 1 aromatic heterocycles. The lowest BCUT2D eigenvalue weighted by atomic mass is 9.81. The summed E-state index contributed by atoms with van der Waals surface area (Å²) < 4.78 is 58.9. The quantitative estimate of drug-likeness (QED) is 0.732. The molecule has 0 bridgehead atoms. The predicted octanol–water partition coefficient (Wildman–Crippen LogP) is 1.33. The second kappa shape index (κ2) is 6.84. The maximum Gasteiger partial charge on any atom is 0.256 e. The lowest BCUT2D eigenvalue weighted by molar-refractivity contribution is 0.0768. The summed E-state index contributed by atoms with van der Waals surface area (Å²) in [4.78, 5) is 18.6. The fraction of sp³-hybridized carbons (Fsp3) is 0.500. The Morgan fingerprint density at radius 3 is 2.69 bits per heavy atom. The van der Waals surface area contributed by atoms with Crippen molar-refractivity contribution >= 4 is 15.9 Å². The zero-order valence-electron chi connectivity index (χ0n) is 15.9. The fourth-order valence-corrected chi connectivity index (χ4v) is 5.40. The van der Waals surface area contributed by atoms with Crippen LogP contribution < -0.4 is 0 Å². The number of benzene rings is 1. The van der Waals surface area contributed by atoms with Gasteiger partial charge >= 0.3 is 0 Å². The highest BCUT2D eigenvalue weighted by atomic mass is 32.2. The molecule has 0 aliphatic carbocycles. The van der Waals surface area contributed by atoms with Gasteiger partial charge in [-0.1, -0.05) is 5.16 Å². The van der Waals surface area contributed by atoms with Crippen molar-refractivity contribution in [3.63, 3.8) is 0 Å². The molecule has 29 heavy (non-hydrogen) atoms. The number of hydrogen-bond acceptors (Lipinski definition) is 6. The molecule has 2 saturated heterocycles. The average Bonchev–Trinajstić information content (AvgIpc) is 3.33. The van der Waals surface area contributed by atoms with E-state index in [0.717, 1.165) is 12.1 Å². The predicted molar refractivity (Wildman–Crippen MR) is 97.5 cm³/mol. The molecule has 156 valence electrons. The molecule has 11 heteroatoms. The van der Waals surface area contributed by atoms with E-state index in [1.165, 1.54) is 9.21 Å². The van der Waals surface area contributed by atoms with Gasteiger partial charge in [-0.05, 0) is 26.0 Å². The number of likely N-dealkylation sites (tertiary alicyclic amines) is 1. The standard InChI is InChI=1S/C18H20F2N4O4S/c1-3-29(26,27)24-8-12-7-23(16(25)14-5-4-13(19)6-15(14)20)9-18(12,10-24)17-21-11(2)22-28-17/h4-6,12H,3,7-10H2,1-2H3. The first-order valence-electron chi connectivity index (χ1n) is 9.19. The van der Waals surface area contributed by atoms with Crippen molar-refractivity contribution in [3.8, 4) is 0 Å². The molecule has 4 rings (SSSR count). The fourth-order valence-electron chi connectivity index (χ4n) is 4.20. The molecule has 2 aromatic rings. The van der Waals surface area contributed by atoms with Gasteiger partial charge in [0.05, 0.1) is 16.7 Å². The molecular weight excluding hydrogens is 406 g/mol. The van der Waals surface area contributed by atoms with Gasteiger partial charge in [0.1, 0.15) is 11.6 Å². The average molecular weight is 426 g/mol. The number of hydrogen-bond donors (Lipinski definition) is 0. The summed E-state index contributed by atoms with van der Waals surface area (Å²) in [5, 5.41) is 3.82. The maximum atomic E-state index is 14.1. The summed E-state index contributed by atoms with van der Waals surface area (Å²) in [6.07, 6.45) is 0. The van der Waals surface area contributed by atoms with Gasteiger partial charge in [0.25, 0.3) is 5.91 Å². The van der Waals surface area contributed by atoms with Crippen molar-refractivity contribution in [3.05, 3.63) is 47.1 Å². The Kier molecular flexibility index (Phi) is 4.69. The summed E-state index contributed by atoms with van der Waals surface area (Å²) in [7, 11) is -3.44. The molecule has 2 atom stereocenters. The van der Waals surface area contributed by atoms with Gasteiger partial charge in [-0.15, -0.1) is 0 Å². The van der Waals surface area contributed by atoms with Gasteiger partial charge in [-0.3, -0.25) is 4.79 Å². The highest BCUT2D eigenvalue weighted by molar-refractivity contribution is 7.89. The third-order valence-corrected chi connectivity index (χ3v) is 7.53. The molecule has 3 heterocycles. The zero-order valence-corrected chi connectivity index (χ0v) is 16.7. The minimum atomic E-state index is -3.44. The Morgan fingerprint density at radius 1 is 1.31 bits per heavy atom. The van der Waals surface area contributed by atoms with Crippen molar-refractivity contribution in [2.75, 3.05) is 31.9 Å². The number of amides is 1. The molecule has 0 N–H and O–H groups in total. The van der Waals surface area contributed by atoms with Gasteiger partial charge in [0.2, 0.25) is 15.9 Å². The van der Waals surface area contributed by atoms with Crippen molar-refractivity contribution in [1.29, 1.82) is 0 Å². The van der Waals surface area contributed by atoms with Crippen LogP contribution in [0.25, 0.3) is 0 Å². The van der Waals surface area contributed by atoms with E-state index in [2.05, 4.69) is 10.1 Å². The third kappa shape index (κ3) is 3.21. The van der Waals surface area contributed by atoms with Crippen LogP contribution in [0.5, 0.6) is 0 Å². The molecule has 1 aromatic carbocycles. The van der Waals surface area contributed by atoms with Crippen LogP contribution in [0.15, 0.2) is 22.7 Å². The largest absolute Gasteiger partial charge is 0.339 e. The van der Waals surface area contributed by atoms with Crippen LogP contribution in [0, 0.1) is 24.5 Å². The minimum absolute atomic E-state index is 0.0396. The van der Waals surface area contributed by atoms with Crippen LogP contribution >= 0.6 is 0 Å². The van der Waals surface area contributed by atoms with Crippen LogP contribution in [0.1, 0.15) is 29.0 Å². The number of carbonyl (C=O) groups excluding carboxylic acids is 1. The molecule has 1 amide bonds. The molecule has 0 spiro atoms. The molecule has 8 nitrogen and oxygen atoms in total. The van der Waals surface area contributed by atoms with Crippen LogP contribution in [0.2, 0.25) is 0 Å². The van der Waals surface area contributed by atoms with Gasteiger partial charge in [-0.25, -0.2) is 21.5 Å². The van der Waals surface area contributed by atoms with Gasteiger partial charge in [0.15, 0.2) is 5.82 Å². The first kappa shape index (κ1) is 19.9. The molecule has 2 unspecified atom stereocenters. The van der Waals surface area contributed by atoms with Crippen LogP contribution in [-0.2, 0) is 15.4 Å². The van der Waals surface area contributed by atoms with Gasteiger partial charge in [-0.2, -0.15) is 4.98 Å². The van der Waals surface area contributed by atoms with E-state index in [4.69, 9.17) is 4.52 Å². The lowest BCUT2D eigenvalue weighted by Gasteiger charge is -2.25. The number of fused-ring (bicyclic) bond motifs is 1. The summed E-state index contributed by atoms with van der Waals surface area (Å²) >= 11 is 0. The van der Waals surface area contributed by atoms with E-state index in [9.17, 15) is 22.0 Å². The molecule has 0 radical (unpaired) electrons. The van der Waals surface area contributed by atoms with E-state index >= 15 is 0 Å². The number of carbonyl (C=O) groups is 1. The van der Waals surface area contributed by atoms with Gasteiger partial charge in [0, 0.05) is 38.2 Å². The normalized spacial score (nSPS) is 24.8. The molecule has 2 aliphatic rings. The zero-order chi connectivity index (χ0) is 21.0. The number of sulfonamides is 1. The number of nitrogens with zero attached hydrogens (tertiary/aromatic N) is 4. The number of aryl methyl sites for hydroxylation is 1. The van der Waals surface area contributed by atoms with Crippen LogP contribution in [0.4, 0.5) is 8.78 Å². The van der Waals surface area contributed by atoms with E-state index in [1.807, 2.05) is 0 Å². The first-order chi connectivity index (χ1) is 13.7. The minimum Gasteiger partial charge on any atom is -0.339 e. The Hall–Kier alpha value is -2.40. The highest BCUT2D eigenvalue weighted by Gasteiger charge is 2.59. The van der Waals surface area contributed by atoms with Crippen LogP contribution in [0.3, 0.4) is 0 Å². The van der Waals surface area contributed by atoms with E-state index < -0.39 is 33.0 Å². The lowest BCUT2D eigenvalue weighted by Crippen LogP contribution is -2.41. The van der Waals surface area contributed by atoms with E-state index in [0.29, 0.717) is 11.9 Å². The topological polar surface area (TPSA) is 96.6 Å². The molecular formula is C18H20F2N4O4S. The number of halogens is 2. The van der Waals surface area contributed by atoms with Crippen molar-refractivity contribution in [1.82, 2.24) is 19.3 Å². The van der Waals surface area contributed by atoms with E-state index in [1.54, 1.807) is 13.8 Å². The van der Waals surface area contributed by atoms with Crippen molar-refractivity contribution in [2.45, 2.75) is 19.3 Å².